The highest BCUT2D eigenvalue weighted by Gasteiger charge is 2.23. The minimum Gasteiger partial charge on any atom is -0.486 e. The van der Waals surface area contributed by atoms with Gasteiger partial charge in [-0.1, -0.05) is 44.2 Å². The maximum Gasteiger partial charge on any atom is 0.289 e. The molecule has 0 unspecified atom stereocenters. The molecular formula is C22H27ClN2O3. The quantitative estimate of drug-likeness (QED) is 0.632. The number of benzene rings is 2. The second kappa shape index (κ2) is 9.13. The van der Waals surface area contributed by atoms with Crippen molar-refractivity contribution in [1.82, 2.24) is 4.90 Å². The Morgan fingerprint density at radius 3 is 2.54 bits per heavy atom. The van der Waals surface area contributed by atoms with E-state index in [4.69, 9.17) is 14.9 Å². The Balaban J connectivity index is 0.00000280. The largest absolute Gasteiger partial charge is 0.486 e. The van der Waals surface area contributed by atoms with E-state index in [-0.39, 0.29) is 30.3 Å². The number of hydrogen-bond acceptors (Lipinski definition) is 4. The van der Waals surface area contributed by atoms with Gasteiger partial charge >= 0.3 is 0 Å². The van der Waals surface area contributed by atoms with Crippen LogP contribution in [0.15, 0.2) is 59.0 Å². The van der Waals surface area contributed by atoms with Crippen LogP contribution in [0.5, 0.6) is 5.75 Å². The van der Waals surface area contributed by atoms with Gasteiger partial charge in [0.2, 0.25) is 0 Å². The molecule has 5 nitrogen and oxygen atoms in total. The van der Waals surface area contributed by atoms with Crippen molar-refractivity contribution in [2.75, 3.05) is 20.1 Å². The summed E-state index contributed by atoms with van der Waals surface area (Å²) in [6.07, 6.45) is 0. The van der Waals surface area contributed by atoms with Gasteiger partial charge in [0.15, 0.2) is 5.76 Å². The van der Waals surface area contributed by atoms with E-state index in [1.807, 2.05) is 50.2 Å². The van der Waals surface area contributed by atoms with Crippen molar-refractivity contribution in [1.29, 1.82) is 0 Å². The third-order valence-electron chi connectivity index (χ3n) is 4.54. The van der Waals surface area contributed by atoms with E-state index in [0.29, 0.717) is 24.6 Å². The second-order valence-corrected chi connectivity index (χ2v) is 7.59. The monoisotopic (exact) mass is 402 g/mol. The topological polar surface area (TPSA) is 68.7 Å². The second-order valence-electron chi connectivity index (χ2n) is 7.59. The van der Waals surface area contributed by atoms with Gasteiger partial charge in [-0.3, -0.25) is 4.79 Å². The molecule has 2 N–H and O–H groups in total. The Bertz CT molecular complexity index is 936. The molecule has 1 aromatic heterocycles. The Morgan fingerprint density at radius 1 is 1.11 bits per heavy atom. The van der Waals surface area contributed by atoms with E-state index in [2.05, 4.69) is 6.07 Å². The third kappa shape index (κ3) is 5.27. The molecule has 3 rings (SSSR count). The van der Waals surface area contributed by atoms with E-state index in [0.717, 1.165) is 11.1 Å². The third-order valence-corrected chi connectivity index (χ3v) is 4.54. The Hall–Kier alpha value is -2.50. The zero-order valence-corrected chi connectivity index (χ0v) is 17.3. The molecule has 0 fully saturated rings. The number of halogens is 1. The average Bonchev–Trinajstić information content (AvgIpc) is 3.14. The van der Waals surface area contributed by atoms with Gasteiger partial charge in [0.1, 0.15) is 18.1 Å². The van der Waals surface area contributed by atoms with Crippen molar-refractivity contribution in [2.45, 2.75) is 20.5 Å². The van der Waals surface area contributed by atoms with Gasteiger partial charge in [-0.15, -0.1) is 12.4 Å². The van der Waals surface area contributed by atoms with Gasteiger partial charge in [0.05, 0.1) is 0 Å². The van der Waals surface area contributed by atoms with Crippen molar-refractivity contribution < 1.29 is 13.9 Å². The molecule has 0 saturated carbocycles. The van der Waals surface area contributed by atoms with Gasteiger partial charge in [0.25, 0.3) is 5.91 Å². The lowest BCUT2D eigenvalue weighted by atomic mass is 9.93. The molecule has 2 aromatic carbocycles. The van der Waals surface area contributed by atoms with Crippen molar-refractivity contribution in [3.8, 4) is 5.75 Å². The number of nitrogens with two attached hydrogens (primary N) is 1. The van der Waals surface area contributed by atoms with E-state index in [1.54, 1.807) is 24.1 Å². The van der Waals surface area contributed by atoms with E-state index in [1.165, 1.54) is 5.39 Å². The molecule has 0 aliphatic carbocycles. The van der Waals surface area contributed by atoms with Crippen LogP contribution < -0.4 is 10.5 Å². The van der Waals surface area contributed by atoms with Crippen LogP contribution in [0.1, 0.15) is 30.2 Å². The predicted molar refractivity (Wildman–Crippen MR) is 114 cm³/mol. The predicted octanol–water partition coefficient (Wildman–Crippen LogP) is 4.49. The molecule has 150 valence electrons. The van der Waals surface area contributed by atoms with Crippen LogP contribution in [0.3, 0.4) is 0 Å². The lowest BCUT2D eigenvalue weighted by Crippen LogP contribution is -2.39. The van der Waals surface area contributed by atoms with Gasteiger partial charge in [-0.2, -0.15) is 0 Å². The first kappa shape index (κ1) is 21.8. The molecule has 6 heteroatoms. The summed E-state index contributed by atoms with van der Waals surface area (Å²) in [7, 11) is 1.76. The Labute approximate surface area is 171 Å². The first-order valence-electron chi connectivity index (χ1n) is 9.04. The van der Waals surface area contributed by atoms with E-state index >= 15 is 0 Å². The van der Waals surface area contributed by atoms with Crippen molar-refractivity contribution >= 4 is 29.1 Å². The zero-order valence-electron chi connectivity index (χ0n) is 16.5. The Morgan fingerprint density at radius 2 is 1.82 bits per heavy atom. The number of furan rings is 1. The lowest BCUT2D eigenvalue weighted by Gasteiger charge is -2.28. The first-order chi connectivity index (χ1) is 12.9. The summed E-state index contributed by atoms with van der Waals surface area (Å²) in [6.45, 7) is 5.40. The number of fused-ring (bicyclic) bond motifs is 1. The van der Waals surface area contributed by atoms with Gasteiger partial charge in [-0.05, 0) is 47.0 Å². The normalized spacial score (nSPS) is 11.1. The molecule has 0 saturated heterocycles. The molecule has 0 atom stereocenters. The number of hydrogen-bond donors (Lipinski definition) is 1. The van der Waals surface area contributed by atoms with E-state index < -0.39 is 0 Å². The smallest absolute Gasteiger partial charge is 0.289 e. The van der Waals surface area contributed by atoms with Crippen LogP contribution in [0.2, 0.25) is 0 Å². The average molecular weight is 403 g/mol. The summed E-state index contributed by atoms with van der Waals surface area (Å²) in [5, 5.41) is 2.29. The van der Waals surface area contributed by atoms with Crippen LogP contribution in [-0.2, 0) is 6.61 Å². The molecule has 1 heterocycles. The summed E-state index contributed by atoms with van der Waals surface area (Å²) in [6, 6.07) is 17.5. The molecule has 3 aromatic rings. The van der Waals surface area contributed by atoms with Crippen LogP contribution in [0.4, 0.5) is 0 Å². The Kier molecular flexibility index (Phi) is 7.11. The molecule has 0 aliphatic rings. The van der Waals surface area contributed by atoms with Gasteiger partial charge in [0, 0.05) is 13.6 Å². The maximum atomic E-state index is 12.5. The number of rotatable bonds is 7. The first-order valence-corrected chi connectivity index (χ1v) is 9.04. The fourth-order valence-electron chi connectivity index (χ4n) is 2.95. The van der Waals surface area contributed by atoms with E-state index in [9.17, 15) is 4.79 Å². The SMILES string of the molecule is CN(CC(C)(C)CN)C(=O)c1ccc(COc2ccc3ccccc3c2)o1.Cl. The van der Waals surface area contributed by atoms with Crippen LogP contribution in [0, 0.1) is 5.41 Å². The molecule has 0 radical (unpaired) electrons. The number of amides is 1. The lowest BCUT2D eigenvalue weighted by molar-refractivity contribution is 0.0705. The number of ether oxygens (including phenoxy) is 1. The molecule has 0 spiro atoms. The standard InChI is InChI=1S/C22H26N2O3.ClH/c1-22(2,14-23)15-24(3)21(25)20-11-10-19(27-20)13-26-18-9-8-16-6-4-5-7-17(16)12-18;/h4-12H,13-15,23H2,1-3H3;1H. The molecule has 1 amide bonds. The summed E-state index contributed by atoms with van der Waals surface area (Å²) in [5.74, 6) is 1.52. The number of carbonyl (C=O) groups excluding carboxylic acids is 1. The van der Waals surface area contributed by atoms with Crippen molar-refractivity contribution in [2.24, 2.45) is 11.1 Å². The fourth-order valence-corrected chi connectivity index (χ4v) is 2.95. The van der Waals surface area contributed by atoms with Crippen LogP contribution >= 0.6 is 12.4 Å². The number of carbonyl (C=O) groups is 1. The van der Waals surface area contributed by atoms with Crippen molar-refractivity contribution in [3.63, 3.8) is 0 Å². The highest BCUT2D eigenvalue weighted by molar-refractivity contribution is 5.91. The zero-order chi connectivity index (χ0) is 19.4. The van der Waals surface area contributed by atoms with Crippen molar-refractivity contribution in [3.05, 3.63) is 66.1 Å². The summed E-state index contributed by atoms with van der Waals surface area (Å²) in [4.78, 5) is 14.2. The molecule has 28 heavy (non-hydrogen) atoms. The fraction of sp³-hybridized carbons (Fsp3) is 0.318. The highest BCUT2D eigenvalue weighted by atomic mass is 35.5. The summed E-state index contributed by atoms with van der Waals surface area (Å²) in [5.41, 5.74) is 5.61. The number of nitrogens with zero attached hydrogens (tertiary/aromatic N) is 1. The van der Waals surface area contributed by atoms with Crippen LogP contribution in [0.25, 0.3) is 10.8 Å². The minimum atomic E-state index is -0.159. The van der Waals surface area contributed by atoms with Gasteiger partial charge in [-0.25, -0.2) is 0 Å². The molecular weight excluding hydrogens is 376 g/mol. The van der Waals surface area contributed by atoms with Gasteiger partial charge < -0.3 is 19.8 Å². The summed E-state index contributed by atoms with van der Waals surface area (Å²) < 4.78 is 11.5. The minimum absolute atomic E-state index is 0. The molecule has 0 bridgehead atoms. The highest BCUT2D eigenvalue weighted by Crippen LogP contribution is 2.22. The maximum absolute atomic E-state index is 12.5. The van der Waals surface area contributed by atoms with Crippen LogP contribution in [-0.4, -0.2) is 30.9 Å². The molecule has 0 aliphatic heterocycles. The summed E-state index contributed by atoms with van der Waals surface area (Å²) >= 11 is 0.